The molecule has 0 spiro atoms. The van der Waals surface area contributed by atoms with E-state index < -0.39 is 10.0 Å². The summed E-state index contributed by atoms with van der Waals surface area (Å²) >= 11 is 0. The summed E-state index contributed by atoms with van der Waals surface area (Å²) in [5.74, 6) is 0.321. The minimum atomic E-state index is -3.15. The van der Waals surface area contributed by atoms with Crippen molar-refractivity contribution >= 4 is 10.0 Å². The molecule has 0 saturated heterocycles. The molecule has 0 amide bonds. The Morgan fingerprint density at radius 3 is 2.04 bits per heavy atom. The first-order chi connectivity index (χ1) is 11.4. The van der Waals surface area contributed by atoms with Crippen LogP contribution in [-0.2, 0) is 16.4 Å². The van der Waals surface area contributed by atoms with E-state index in [9.17, 15) is 8.42 Å². The van der Waals surface area contributed by atoms with Gasteiger partial charge in [0.15, 0.2) is 0 Å². The van der Waals surface area contributed by atoms with Crippen LogP contribution in [0.5, 0.6) is 0 Å². The minimum Gasteiger partial charge on any atom is -0.215 e. The fourth-order valence-electron chi connectivity index (χ4n) is 2.58. The lowest BCUT2D eigenvalue weighted by molar-refractivity contribution is 0.573. The molecule has 2 rings (SSSR count). The van der Waals surface area contributed by atoms with Crippen LogP contribution in [0.15, 0.2) is 48.5 Å². The van der Waals surface area contributed by atoms with E-state index >= 15 is 0 Å². The maximum Gasteiger partial charge on any atom is 0.211 e. The molecule has 129 valence electrons. The van der Waals surface area contributed by atoms with E-state index in [0.29, 0.717) is 13.0 Å². The third-order valence-electron chi connectivity index (χ3n) is 4.14. The van der Waals surface area contributed by atoms with Crippen molar-refractivity contribution in [2.75, 3.05) is 12.3 Å². The Kier molecular flexibility index (Phi) is 6.58. The van der Waals surface area contributed by atoms with Crippen LogP contribution in [0.2, 0.25) is 0 Å². The number of sulfonamides is 1. The van der Waals surface area contributed by atoms with Gasteiger partial charge in [0.05, 0.1) is 5.75 Å². The van der Waals surface area contributed by atoms with Crippen molar-refractivity contribution in [2.24, 2.45) is 0 Å². The van der Waals surface area contributed by atoms with E-state index in [1.54, 1.807) is 0 Å². The Balaban J connectivity index is 2.02. The topological polar surface area (TPSA) is 46.2 Å². The van der Waals surface area contributed by atoms with Crippen molar-refractivity contribution in [2.45, 2.75) is 32.6 Å². The Bertz CT molecular complexity index is 734. The second-order valence-corrected chi connectivity index (χ2v) is 8.06. The molecule has 24 heavy (non-hydrogen) atoms. The van der Waals surface area contributed by atoms with Crippen LogP contribution >= 0.6 is 0 Å². The Morgan fingerprint density at radius 2 is 1.54 bits per heavy atom. The van der Waals surface area contributed by atoms with E-state index in [-0.39, 0.29) is 11.7 Å². The highest BCUT2D eigenvalue weighted by Crippen LogP contribution is 2.23. The lowest BCUT2D eigenvalue weighted by Crippen LogP contribution is -2.29. The first kappa shape index (κ1) is 18.7. The van der Waals surface area contributed by atoms with E-state index in [1.165, 1.54) is 11.1 Å². The second-order valence-electron chi connectivity index (χ2n) is 6.14. The van der Waals surface area contributed by atoms with Gasteiger partial charge in [0.25, 0.3) is 0 Å². The van der Waals surface area contributed by atoms with Gasteiger partial charge in [-0.1, -0.05) is 62.4 Å². The minimum absolute atomic E-state index is 0.138. The monoisotopic (exact) mass is 344 g/mol. The van der Waals surface area contributed by atoms with Gasteiger partial charge in [-0.15, -0.1) is 0 Å². The SMILES string of the molecule is [CH2]Cc1ccc(-c2ccc([C@@H](C)CNS(=O)(=O)CCC)cc2)cc1. The maximum atomic E-state index is 11.7. The van der Waals surface area contributed by atoms with E-state index in [2.05, 4.69) is 60.2 Å². The molecule has 1 radical (unpaired) electrons. The molecular weight excluding hydrogens is 318 g/mol. The molecule has 0 aliphatic rings. The summed E-state index contributed by atoms with van der Waals surface area (Å²) in [6.07, 6.45) is 1.43. The van der Waals surface area contributed by atoms with Crippen LogP contribution in [0.25, 0.3) is 11.1 Å². The predicted octanol–water partition coefficient (Wildman–Crippen LogP) is 4.16. The molecule has 3 nitrogen and oxygen atoms in total. The summed E-state index contributed by atoms with van der Waals surface area (Å²) in [6.45, 7) is 8.22. The molecule has 4 heteroatoms. The molecule has 1 N–H and O–H groups in total. The molecule has 0 aliphatic heterocycles. The molecular formula is C20H26NO2S. The van der Waals surface area contributed by atoms with Crippen LogP contribution in [0.3, 0.4) is 0 Å². The highest BCUT2D eigenvalue weighted by atomic mass is 32.2. The fraction of sp³-hybridized carbons (Fsp3) is 0.350. The van der Waals surface area contributed by atoms with Crippen molar-refractivity contribution in [1.29, 1.82) is 0 Å². The van der Waals surface area contributed by atoms with Gasteiger partial charge in [-0.05, 0) is 47.9 Å². The highest BCUT2D eigenvalue weighted by Gasteiger charge is 2.12. The summed E-state index contributed by atoms with van der Waals surface area (Å²) in [5.41, 5.74) is 4.69. The molecule has 2 aromatic rings. The quantitative estimate of drug-likeness (QED) is 0.781. The van der Waals surface area contributed by atoms with Crippen LogP contribution in [-0.4, -0.2) is 20.7 Å². The smallest absolute Gasteiger partial charge is 0.211 e. The third-order valence-corrected chi connectivity index (χ3v) is 5.69. The first-order valence-corrected chi connectivity index (χ1v) is 10.1. The molecule has 0 aromatic heterocycles. The summed E-state index contributed by atoms with van der Waals surface area (Å²) < 4.78 is 26.2. The van der Waals surface area contributed by atoms with Gasteiger partial charge in [-0.2, -0.15) is 0 Å². The zero-order valence-electron chi connectivity index (χ0n) is 14.5. The predicted molar refractivity (Wildman–Crippen MR) is 101 cm³/mol. The second kappa shape index (κ2) is 8.45. The van der Waals surface area contributed by atoms with Gasteiger partial charge in [-0.3, -0.25) is 0 Å². The number of hydrogen-bond donors (Lipinski definition) is 1. The van der Waals surface area contributed by atoms with Gasteiger partial charge in [0.1, 0.15) is 0 Å². The van der Waals surface area contributed by atoms with Gasteiger partial charge in [0.2, 0.25) is 10.0 Å². The zero-order chi connectivity index (χ0) is 17.6. The van der Waals surface area contributed by atoms with E-state index in [1.807, 2.05) is 13.8 Å². The largest absolute Gasteiger partial charge is 0.215 e. The fourth-order valence-corrected chi connectivity index (χ4v) is 3.76. The normalized spacial score (nSPS) is 13.0. The number of benzene rings is 2. The molecule has 1 atom stereocenters. The molecule has 0 saturated carbocycles. The molecule has 0 aliphatic carbocycles. The highest BCUT2D eigenvalue weighted by molar-refractivity contribution is 7.89. The van der Waals surface area contributed by atoms with Crippen LogP contribution in [0, 0.1) is 6.92 Å². The van der Waals surface area contributed by atoms with Gasteiger partial charge >= 0.3 is 0 Å². The van der Waals surface area contributed by atoms with Crippen molar-refractivity contribution in [3.63, 3.8) is 0 Å². The standard InChI is InChI=1S/C20H26NO2S/c1-4-14-24(22,23)21-15-16(3)18-10-12-20(13-11-18)19-8-6-17(5-2)7-9-19/h6-13,16,21H,2,4-5,14-15H2,1,3H3/t16-/m0/s1. The number of hydrogen-bond acceptors (Lipinski definition) is 2. The molecule has 0 bridgehead atoms. The summed E-state index contributed by atoms with van der Waals surface area (Å²) in [5, 5.41) is 0. The first-order valence-electron chi connectivity index (χ1n) is 8.41. The lowest BCUT2D eigenvalue weighted by atomic mass is 9.97. The Hall–Kier alpha value is -1.65. The zero-order valence-corrected chi connectivity index (χ0v) is 15.3. The number of nitrogens with one attached hydrogen (secondary N) is 1. The average Bonchev–Trinajstić information content (AvgIpc) is 2.60. The lowest BCUT2D eigenvalue weighted by Gasteiger charge is -2.14. The molecule has 0 unspecified atom stereocenters. The Labute approximate surface area is 146 Å². The van der Waals surface area contributed by atoms with Crippen molar-refractivity contribution < 1.29 is 8.42 Å². The summed E-state index contributed by atoms with van der Waals surface area (Å²) in [4.78, 5) is 0. The van der Waals surface area contributed by atoms with Crippen molar-refractivity contribution in [1.82, 2.24) is 4.72 Å². The average molecular weight is 345 g/mol. The maximum absolute atomic E-state index is 11.7. The van der Waals surface area contributed by atoms with Crippen LogP contribution in [0.1, 0.15) is 37.3 Å². The summed E-state index contributed by atoms with van der Waals surface area (Å²) in [6, 6.07) is 16.7. The molecule has 0 fully saturated rings. The van der Waals surface area contributed by atoms with E-state index in [0.717, 1.165) is 17.5 Å². The van der Waals surface area contributed by atoms with Gasteiger partial charge < -0.3 is 0 Å². The van der Waals surface area contributed by atoms with Gasteiger partial charge in [0, 0.05) is 6.54 Å². The Morgan fingerprint density at radius 1 is 1.00 bits per heavy atom. The van der Waals surface area contributed by atoms with Gasteiger partial charge in [-0.25, -0.2) is 13.1 Å². The van der Waals surface area contributed by atoms with Crippen LogP contribution in [0.4, 0.5) is 0 Å². The third kappa shape index (κ3) is 5.18. The van der Waals surface area contributed by atoms with E-state index in [4.69, 9.17) is 0 Å². The summed E-state index contributed by atoms with van der Waals surface area (Å²) in [7, 11) is -3.15. The molecule has 2 aromatic carbocycles. The molecule has 0 heterocycles. The van der Waals surface area contributed by atoms with Crippen LogP contribution < -0.4 is 4.72 Å². The van der Waals surface area contributed by atoms with Crippen molar-refractivity contribution in [3.05, 3.63) is 66.6 Å². The van der Waals surface area contributed by atoms with Crippen molar-refractivity contribution in [3.8, 4) is 11.1 Å². The number of rotatable bonds is 8.